The second-order valence-corrected chi connectivity index (χ2v) is 13.8. The molecule has 7 aromatic carbocycles. The Hall–Kier alpha value is -6.87. The van der Waals surface area contributed by atoms with Crippen LogP contribution >= 0.6 is 11.3 Å². The van der Waals surface area contributed by atoms with Crippen LogP contribution in [0.5, 0.6) is 0 Å². The number of benzene rings is 7. The first-order chi connectivity index (χ1) is 25.7. The zero-order chi connectivity index (χ0) is 34.4. The lowest BCUT2D eigenvalue weighted by Crippen LogP contribution is -2.06. The Morgan fingerprint density at radius 2 is 0.981 bits per heavy atom. The molecule has 0 aliphatic carbocycles. The number of aromatic nitrogens is 4. The van der Waals surface area contributed by atoms with Gasteiger partial charge < -0.3 is 0 Å². The van der Waals surface area contributed by atoms with Gasteiger partial charge in [-0.15, -0.1) is 11.3 Å². The van der Waals surface area contributed by atoms with Crippen molar-refractivity contribution < 1.29 is 0 Å². The van der Waals surface area contributed by atoms with Crippen LogP contribution in [0.1, 0.15) is 11.1 Å². The van der Waals surface area contributed by atoms with Crippen molar-refractivity contribution in [3.05, 3.63) is 181 Å². The van der Waals surface area contributed by atoms with E-state index in [1.807, 2.05) is 72.0 Å². The summed E-state index contributed by atoms with van der Waals surface area (Å²) in [7, 11) is 0. The van der Waals surface area contributed by atoms with E-state index >= 15 is 0 Å². The lowest BCUT2D eigenvalue weighted by molar-refractivity contribution is 0.953. The number of hydrogen-bond acceptors (Lipinski definition) is 4. The molecule has 4 nitrogen and oxygen atoms in total. The van der Waals surface area contributed by atoms with E-state index in [4.69, 9.17) is 15.0 Å². The molecule has 3 heterocycles. The van der Waals surface area contributed by atoms with Gasteiger partial charge in [-0.25, -0.2) is 4.98 Å². The molecule has 0 radical (unpaired) electrons. The molecule has 0 N–H and O–H groups in total. The lowest BCUT2D eigenvalue weighted by atomic mass is 10.0. The average Bonchev–Trinajstić information content (AvgIpc) is 3.76. The van der Waals surface area contributed by atoms with E-state index < -0.39 is 0 Å². The van der Waals surface area contributed by atoms with Gasteiger partial charge in [-0.2, -0.15) is 9.97 Å². The maximum absolute atomic E-state index is 5.04. The number of para-hydroxylation sites is 1. The first-order valence-electron chi connectivity index (χ1n) is 17.2. The molecule has 0 amide bonds. The van der Waals surface area contributed by atoms with Crippen molar-refractivity contribution in [3.63, 3.8) is 0 Å². The fraction of sp³-hybridized carbons (Fsp3) is 0. The predicted molar refractivity (Wildman–Crippen MR) is 216 cm³/mol. The highest BCUT2D eigenvalue weighted by atomic mass is 32.1. The highest BCUT2D eigenvalue weighted by Crippen LogP contribution is 2.37. The molecule has 10 aromatic rings. The summed E-state index contributed by atoms with van der Waals surface area (Å²) in [5, 5.41) is 4.83. The van der Waals surface area contributed by atoms with E-state index in [0.717, 1.165) is 49.6 Å². The van der Waals surface area contributed by atoms with Gasteiger partial charge in [0.1, 0.15) is 0 Å². The average molecular weight is 681 g/mol. The molecular formula is C47H28N4S. The highest BCUT2D eigenvalue weighted by Gasteiger charge is 2.18. The highest BCUT2D eigenvalue weighted by molar-refractivity contribution is 7.25. The van der Waals surface area contributed by atoms with Crippen LogP contribution in [-0.4, -0.2) is 19.5 Å². The molecule has 3 aromatic heterocycles. The summed E-state index contributed by atoms with van der Waals surface area (Å²) >= 11 is 1.84. The molecule has 242 valence electrons. The van der Waals surface area contributed by atoms with Crippen molar-refractivity contribution in [1.29, 1.82) is 0 Å². The summed E-state index contributed by atoms with van der Waals surface area (Å²) in [6.07, 6.45) is 0. The second-order valence-electron chi connectivity index (χ2n) is 12.7. The molecule has 0 unspecified atom stereocenters. The smallest absolute Gasteiger partial charge is 0.238 e. The molecule has 0 fully saturated rings. The Bertz CT molecular complexity index is 2960. The zero-order valence-corrected chi connectivity index (χ0v) is 28.7. The van der Waals surface area contributed by atoms with Crippen molar-refractivity contribution in [3.8, 4) is 51.7 Å². The first kappa shape index (κ1) is 30.0. The van der Waals surface area contributed by atoms with Gasteiger partial charge in [-0.05, 0) is 59.7 Å². The molecule has 0 spiro atoms. The fourth-order valence-corrected chi connectivity index (χ4v) is 8.14. The summed E-state index contributed by atoms with van der Waals surface area (Å²) in [4.78, 5) is 15.0. The molecule has 0 saturated carbocycles. The van der Waals surface area contributed by atoms with E-state index in [-0.39, 0.29) is 0 Å². The third-order valence-corrected chi connectivity index (χ3v) is 10.6. The van der Waals surface area contributed by atoms with Crippen LogP contribution in [0.4, 0.5) is 0 Å². The Kier molecular flexibility index (Phi) is 7.19. The SMILES string of the molecule is C(#Cc1ccc2c(c1)c1ccccc1n2-c1nc(-c2ccccc2)nc(-c2ccccc2)n1)c1cccc(-c2ccc3c(c2)sc2ccccc23)c1. The predicted octanol–water partition coefficient (Wildman–Crippen LogP) is 11.7. The van der Waals surface area contributed by atoms with Crippen LogP contribution in [0.3, 0.4) is 0 Å². The van der Waals surface area contributed by atoms with Crippen molar-refractivity contribution in [1.82, 2.24) is 19.5 Å². The third kappa shape index (κ3) is 5.30. The van der Waals surface area contributed by atoms with Gasteiger partial charge in [0.25, 0.3) is 0 Å². The van der Waals surface area contributed by atoms with E-state index in [2.05, 4.69) is 126 Å². The number of nitrogens with zero attached hydrogens (tertiary/aromatic N) is 4. The molecule has 0 saturated heterocycles. The summed E-state index contributed by atoms with van der Waals surface area (Å²) in [6.45, 7) is 0. The molecular weight excluding hydrogens is 653 g/mol. The van der Waals surface area contributed by atoms with Gasteiger partial charge in [0.15, 0.2) is 11.6 Å². The molecule has 0 aliphatic rings. The maximum atomic E-state index is 5.04. The second kappa shape index (κ2) is 12.5. The van der Waals surface area contributed by atoms with Crippen LogP contribution in [-0.2, 0) is 0 Å². The van der Waals surface area contributed by atoms with E-state index in [9.17, 15) is 0 Å². The number of fused-ring (bicyclic) bond motifs is 6. The largest absolute Gasteiger partial charge is 0.278 e. The topological polar surface area (TPSA) is 43.6 Å². The van der Waals surface area contributed by atoms with E-state index in [1.165, 1.54) is 25.7 Å². The van der Waals surface area contributed by atoms with Gasteiger partial charge in [-0.1, -0.05) is 133 Å². The summed E-state index contributed by atoms with van der Waals surface area (Å²) in [6, 6.07) is 58.8. The first-order valence-corrected chi connectivity index (χ1v) is 18.0. The van der Waals surface area contributed by atoms with E-state index in [1.54, 1.807) is 0 Å². The Morgan fingerprint density at radius 3 is 1.75 bits per heavy atom. The molecule has 10 rings (SSSR count). The minimum atomic E-state index is 0.573. The monoisotopic (exact) mass is 680 g/mol. The van der Waals surface area contributed by atoms with Crippen molar-refractivity contribution in [2.24, 2.45) is 0 Å². The van der Waals surface area contributed by atoms with Crippen LogP contribution in [0, 0.1) is 11.8 Å². The number of thiophene rings is 1. The summed E-state index contributed by atoms with van der Waals surface area (Å²) in [5.74, 6) is 8.73. The van der Waals surface area contributed by atoms with Crippen LogP contribution in [0.2, 0.25) is 0 Å². The zero-order valence-electron chi connectivity index (χ0n) is 27.9. The molecule has 0 aliphatic heterocycles. The Morgan fingerprint density at radius 1 is 0.385 bits per heavy atom. The summed E-state index contributed by atoms with van der Waals surface area (Å²) < 4.78 is 4.75. The van der Waals surface area contributed by atoms with Gasteiger partial charge in [0.05, 0.1) is 11.0 Å². The van der Waals surface area contributed by atoms with Gasteiger partial charge in [0.2, 0.25) is 5.95 Å². The van der Waals surface area contributed by atoms with Crippen molar-refractivity contribution in [2.75, 3.05) is 0 Å². The van der Waals surface area contributed by atoms with Gasteiger partial charge in [0, 0.05) is 53.2 Å². The van der Waals surface area contributed by atoms with Crippen LogP contribution < -0.4 is 0 Å². The lowest BCUT2D eigenvalue weighted by Gasteiger charge is -2.10. The van der Waals surface area contributed by atoms with Gasteiger partial charge in [-0.3, -0.25) is 4.57 Å². The van der Waals surface area contributed by atoms with E-state index in [0.29, 0.717) is 17.6 Å². The maximum Gasteiger partial charge on any atom is 0.238 e. The minimum Gasteiger partial charge on any atom is -0.278 e. The summed E-state index contributed by atoms with van der Waals surface area (Å²) in [5.41, 5.74) is 8.18. The quantitative estimate of drug-likeness (QED) is 0.174. The molecule has 0 bridgehead atoms. The van der Waals surface area contributed by atoms with Gasteiger partial charge >= 0.3 is 0 Å². The van der Waals surface area contributed by atoms with Crippen molar-refractivity contribution >= 4 is 53.3 Å². The normalized spacial score (nSPS) is 11.3. The Balaban J connectivity index is 1.05. The standard InChI is InChI=1S/C47H28N4S/c1-3-13-33(14-4-1)45-48-46(34-15-5-2-6-16-34)50-47(49-45)51-41-20-9-7-18-37(41)40-29-32(24-27-42(40)51)23-22-31-12-11-17-35(28-31)36-25-26-39-38-19-8-10-21-43(38)52-44(39)30-36/h1-21,24-30H. The Labute approximate surface area is 304 Å². The minimum absolute atomic E-state index is 0.573. The molecule has 5 heteroatoms. The number of rotatable bonds is 4. The van der Waals surface area contributed by atoms with Crippen LogP contribution in [0.15, 0.2) is 170 Å². The third-order valence-electron chi connectivity index (χ3n) is 9.49. The van der Waals surface area contributed by atoms with Crippen molar-refractivity contribution in [2.45, 2.75) is 0 Å². The number of hydrogen-bond donors (Lipinski definition) is 0. The molecule has 52 heavy (non-hydrogen) atoms. The van der Waals surface area contributed by atoms with Crippen LogP contribution in [0.25, 0.3) is 81.8 Å². The fourth-order valence-electron chi connectivity index (χ4n) is 6.99. The molecule has 0 atom stereocenters.